The summed E-state index contributed by atoms with van der Waals surface area (Å²) in [5, 5.41) is 3.07. The minimum atomic E-state index is 0.0161. The topological polar surface area (TPSA) is 54.5 Å². The molecule has 0 saturated carbocycles. The Morgan fingerprint density at radius 3 is 2.91 bits per heavy atom. The van der Waals surface area contributed by atoms with Crippen molar-refractivity contribution >= 4 is 5.91 Å². The van der Waals surface area contributed by atoms with Gasteiger partial charge in [-0.15, -0.1) is 0 Å². The molecule has 1 saturated heterocycles. The molecule has 1 aromatic rings. The molecule has 5 nitrogen and oxygen atoms in total. The summed E-state index contributed by atoms with van der Waals surface area (Å²) < 4.78 is 5.09. The number of carbonyl (C=O) groups excluding carboxylic acids is 1. The summed E-state index contributed by atoms with van der Waals surface area (Å²) in [5.41, 5.74) is 1.65. The highest BCUT2D eigenvalue weighted by Crippen LogP contribution is 2.16. The van der Waals surface area contributed by atoms with Crippen LogP contribution in [0.2, 0.25) is 0 Å². The molecule has 0 spiro atoms. The Bertz CT molecular complexity index is 471. The maximum Gasteiger partial charge on any atom is 0.251 e. The van der Waals surface area contributed by atoms with Gasteiger partial charge in [-0.05, 0) is 56.8 Å². The third-order valence-electron chi connectivity index (χ3n) is 4.35. The minimum absolute atomic E-state index is 0.0161. The zero-order valence-electron chi connectivity index (χ0n) is 13.7. The molecule has 1 N–H and O–H groups in total. The summed E-state index contributed by atoms with van der Waals surface area (Å²) in [6.45, 7) is 6.88. The number of rotatable bonds is 7. The number of likely N-dealkylation sites (tertiary alicyclic amines) is 1. The number of aryl methyl sites for hydroxylation is 1. The first-order valence-corrected chi connectivity index (χ1v) is 8.11. The van der Waals surface area contributed by atoms with E-state index in [9.17, 15) is 4.79 Å². The van der Waals surface area contributed by atoms with Gasteiger partial charge in [-0.2, -0.15) is 0 Å². The summed E-state index contributed by atoms with van der Waals surface area (Å²) >= 11 is 0. The lowest BCUT2D eigenvalue weighted by Gasteiger charge is -2.32. The molecule has 1 fully saturated rings. The molecular weight excluding hydrogens is 278 g/mol. The van der Waals surface area contributed by atoms with Gasteiger partial charge >= 0.3 is 0 Å². The van der Waals surface area contributed by atoms with Gasteiger partial charge in [0.2, 0.25) is 0 Å². The summed E-state index contributed by atoms with van der Waals surface area (Å²) in [6.07, 6.45) is 6.80. The number of carbonyl (C=O) groups is 1. The van der Waals surface area contributed by atoms with Gasteiger partial charge in [0, 0.05) is 44.8 Å². The molecule has 0 atom stereocenters. The van der Waals surface area contributed by atoms with E-state index in [2.05, 4.69) is 15.2 Å². The van der Waals surface area contributed by atoms with Crippen LogP contribution < -0.4 is 5.32 Å². The van der Waals surface area contributed by atoms with Crippen LogP contribution in [-0.2, 0) is 4.74 Å². The fourth-order valence-electron chi connectivity index (χ4n) is 2.91. The zero-order chi connectivity index (χ0) is 15.8. The second-order valence-corrected chi connectivity index (χ2v) is 6.03. The Labute approximate surface area is 133 Å². The van der Waals surface area contributed by atoms with E-state index in [-0.39, 0.29) is 5.91 Å². The molecule has 5 heteroatoms. The SMILES string of the molecule is COCCCN1CCC(CNC(=O)c2ccncc2C)CC1. The van der Waals surface area contributed by atoms with Crippen molar-refractivity contribution in [2.24, 2.45) is 5.92 Å². The summed E-state index contributed by atoms with van der Waals surface area (Å²) in [6, 6.07) is 1.78. The minimum Gasteiger partial charge on any atom is -0.385 e. The number of pyridine rings is 1. The fourth-order valence-corrected chi connectivity index (χ4v) is 2.91. The number of hydrogen-bond acceptors (Lipinski definition) is 4. The molecule has 0 radical (unpaired) electrons. The number of nitrogens with zero attached hydrogens (tertiary/aromatic N) is 2. The van der Waals surface area contributed by atoms with Gasteiger partial charge in [0.05, 0.1) is 0 Å². The molecule has 0 unspecified atom stereocenters. The van der Waals surface area contributed by atoms with Crippen molar-refractivity contribution in [1.29, 1.82) is 0 Å². The fraction of sp³-hybridized carbons (Fsp3) is 0.647. The monoisotopic (exact) mass is 305 g/mol. The van der Waals surface area contributed by atoms with Crippen LogP contribution in [0.3, 0.4) is 0 Å². The Hall–Kier alpha value is -1.46. The molecular formula is C17H27N3O2. The van der Waals surface area contributed by atoms with Crippen molar-refractivity contribution in [3.05, 3.63) is 29.6 Å². The number of methoxy groups -OCH3 is 1. The second kappa shape index (κ2) is 8.86. The van der Waals surface area contributed by atoms with Gasteiger partial charge in [0.25, 0.3) is 5.91 Å². The standard InChI is InChI=1S/C17H27N3O2/c1-14-12-18-7-4-16(14)17(21)19-13-15-5-9-20(10-6-15)8-3-11-22-2/h4,7,12,15H,3,5-6,8-11,13H2,1-2H3,(H,19,21). The van der Waals surface area contributed by atoms with Crippen molar-refractivity contribution in [2.45, 2.75) is 26.2 Å². The number of amides is 1. The van der Waals surface area contributed by atoms with Crippen molar-refractivity contribution in [2.75, 3.05) is 39.9 Å². The van der Waals surface area contributed by atoms with E-state index in [1.807, 2.05) is 6.92 Å². The summed E-state index contributed by atoms with van der Waals surface area (Å²) in [7, 11) is 1.75. The van der Waals surface area contributed by atoms with E-state index in [0.717, 1.165) is 63.2 Å². The molecule has 1 aromatic heterocycles. The van der Waals surface area contributed by atoms with Crippen molar-refractivity contribution in [1.82, 2.24) is 15.2 Å². The van der Waals surface area contributed by atoms with E-state index in [4.69, 9.17) is 4.74 Å². The Morgan fingerprint density at radius 2 is 2.23 bits per heavy atom. The van der Waals surface area contributed by atoms with Crippen LogP contribution in [0.25, 0.3) is 0 Å². The highest BCUT2D eigenvalue weighted by atomic mass is 16.5. The number of ether oxygens (including phenoxy) is 1. The van der Waals surface area contributed by atoms with Crippen LogP contribution in [0, 0.1) is 12.8 Å². The molecule has 22 heavy (non-hydrogen) atoms. The summed E-state index contributed by atoms with van der Waals surface area (Å²) in [5.74, 6) is 0.604. The molecule has 0 bridgehead atoms. The number of piperidine rings is 1. The van der Waals surface area contributed by atoms with Gasteiger partial charge in [-0.25, -0.2) is 0 Å². The Kier molecular flexibility index (Phi) is 6.80. The third kappa shape index (κ3) is 5.07. The van der Waals surface area contributed by atoms with Crippen molar-refractivity contribution < 1.29 is 9.53 Å². The molecule has 1 aliphatic heterocycles. The predicted octanol–water partition coefficient (Wildman–Crippen LogP) is 1.87. The molecule has 2 rings (SSSR count). The lowest BCUT2D eigenvalue weighted by molar-refractivity contribution is 0.0933. The maximum atomic E-state index is 12.2. The van der Waals surface area contributed by atoms with Crippen LogP contribution in [0.15, 0.2) is 18.5 Å². The van der Waals surface area contributed by atoms with Crippen LogP contribution in [0.5, 0.6) is 0 Å². The largest absolute Gasteiger partial charge is 0.385 e. The van der Waals surface area contributed by atoms with E-state index in [1.165, 1.54) is 0 Å². The van der Waals surface area contributed by atoms with Gasteiger partial charge in [-0.3, -0.25) is 9.78 Å². The van der Waals surface area contributed by atoms with Crippen LogP contribution >= 0.6 is 0 Å². The highest BCUT2D eigenvalue weighted by Gasteiger charge is 2.19. The van der Waals surface area contributed by atoms with Gasteiger partial charge in [0.1, 0.15) is 0 Å². The first kappa shape index (κ1) is 16.9. The second-order valence-electron chi connectivity index (χ2n) is 6.03. The molecule has 2 heterocycles. The molecule has 0 aliphatic carbocycles. The number of nitrogens with one attached hydrogen (secondary N) is 1. The van der Waals surface area contributed by atoms with E-state index in [0.29, 0.717) is 5.92 Å². The number of hydrogen-bond donors (Lipinski definition) is 1. The quantitative estimate of drug-likeness (QED) is 0.781. The Balaban J connectivity index is 1.68. The smallest absolute Gasteiger partial charge is 0.251 e. The first-order chi connectivity index (χ1) is 10.7. The maximum absolute atomic E-state index is 12.2. The van der Waals surface area contributed by atoms with Crippen molar-refractivity contribution in [3.8, 4) is 0 Å². The van der Waals surface area contributed by atoms with Crippen LogP contribution in [0.1, 0.15) is 35.2 Å². The van der Waals surface area contributed by atoms with Crippen molar-refractivity contribution in [3.63, 3.8) is 0 Å². The van der Waals surface area contributed by atoms with E-state index < -0.39 is 0 Å². The normalized spacial score (nSPS) is 16.6. The molecule has 122 valence electrons. The highest BCUT2D eigenvalue weighted by molar-refractivity contribution is 5.95. The van der Waals surface area contributed by atoms with Crippen LogP contribution in [0.4, 0.5) is 0 Å². The van der Waals surface area contributed by atoms with Gasteiger partial charge in [0.15, 0.2) is 0 Å². The molecule has 1 aliphatic rings. The first-order valence-electron chi connectivity index (χ1n) is 8.11. The Morgan fingerprint density at radius 1 is 1.45 bits per heavy atom. The zero-order valence-corrected chi connectivity index (χ0v) is 13.7. The lowest BCUT2D eigenvalue weighted by Crippen LogP contribution is -2.39. The van der Waals surface area contributed by atoms with E-state index >= 15 is 0 Å². The summed E-state index contributed by atoms with van der Waals surface area (Å²) in [4.78, 5) is 18.7. The average molecular weight is 305 g/mol. The van der Waals surface area contributed by atoms with Crippen LogP contribution in [-0.4, -0.2) is 55.7 Å². The van der Waals surface area contributed by atoms with Gasteiger partial charge in [-0.1, -0.05) is 0 Å². The lowest BCUT2D eigenvalue weighted by atomic mass is 9.96. The van der Waals surface area contributed by atoms with E-state index in [1.54, 1.807) is 25.6 Å². The van der Waals surface area contributed by atoms with Gasteiger partial charge < -0.3 is 15.0 Å². The molecule has 0 aromatic carbocycles. The third-order valence-corrected chi connectivity index (χ3v) is 4.35. The predicted molar refractivity (Wildman–Crippen MR) is 87.0 cm³/mol. The average Bonchev–Trinajstić information content (AvgIpc) is 2.54. The molecule has 1 amide bonds. The number of aromatic nitrogens is 1.